The summed E-state index contributed by atoms with van der Waals surface area (Å²) in [6.45, 7) is 1.95. The number of amides is 1. The number of nitrogens with one attached hydrogen (secondary N) is 2. The zero-order valence-electron chi connectivity index (χ0n) is 12.1. The minimum absolute atomic E-state index is 0. The third-order valence-corrected chi connectivity index (χ3v) is 3.32. The molecule has 7 heteroatoms. The predicted octanol–water partition coefficient (Wildman–Crippen LogP) is 2.70. The van der Waals surface area contributed by atoms with E-state index in [1.807, 2.05) is 26.1 Å². The number of anilines is 1. The van der Waals surface area contributed by atoms with Gasteiger partial charge in [0.05, 0.1) is 16.9 Å². The topological polar surface area (TPSA) is 59.0 Å². The van der Waals surface area contributed by atoms with Gasteiger partial charge in [0.25, 0.3) is 0 Å². The molecule has 114 valence electrons. The van der Waals surface area contributed by atoms with Crippen molar-refractivity contribution in [3.8, 4) is 0 Å². The highest BCUT2D eigenvalue weighted by Gasteiger charge is 2.20. The fourth-order valence-corrected chi connectivity index (χ4v) is 2.14. The van der Waals surface area contributed by atoms with Crippen LogP contribution < -0.4 is 10.6 Å². The van der Waals surface area contributed by atoms with Crippen molar-refractivity contribution in [2.75, 3.05) is 12.4 Å². The van der Waals surface area contributed by atoms with Crippen molar-refractivity contribution < 1.29 is 4.79 Å². The van der Waals surface area contributed by atoms with Crippen molar-refractivity contribution >= 4 is 35.6 Å². The van der Waals surface area contributed by atoms with Gasteiger partial charge in [-0.1, -0.05) is 17.7 Å². The molecule has 0 aliphatic carbocycles. The van der Waals surface area contributed by atoms with Gasteiger partial charge in [0.2, 0.25) is 5.91 Å². The molecule has 0 spiro atoms. The van der Waals surface area contributed by atoms with Crippen LogP contribution in [0.1, 0.15) is 17.2 Å². The van der Waals surface area contributed by atoms with E-state index in [0.717, 1.165) is 11.1 Å². The van der Waals surface area contributed by atoms with Crippen LogP contribution in [0.25, 0.3) is 0 Å². The molecule has 0 bridgehead atoms. The summed E-state index contributed by atoms with van der Waals surface area (Å²) >= 11 is 6.09. The van der Waals surface area contributed by atoms with Crippen LogP contribution in [0.2, 0.25) is 5.02 Å². The number of likely N-dealkylation sites (N-methyl/N-ethyl adjacent to an activating group) is 1. The molecular weight excluding hydrogens is 311 g/mol. The predicted molar refractivity (Wildman–Crippen MR) is 87.1 cm³/mol. The lowest BCUT2D eigenvalue weighted by Crippen LogP contribution is -2.30. The molecular formula is C14H18Cl2N4O. The van der Waals surface area contributed by atoms with Crippen molar-refractivity contribution in [3.05, 3.63) is 46.7 Å². The highest BCUT2D eigenvalue weighted by molar-refractivity contribution is 6.33. The lowest BCUT2D eigenvalue weighted by Gasteiger charge is -2.15. The number of rotatable bonds is 4. The molecule has 0 saturated carbocycles. The summed E-state index contributed by atoms with van der Waals surface area (Å²) in [5.41, 5.74) is 2.45. The van der Waals surface area contributed by atoms with E-state index in [0.29, 0.717) is 10.7 Å². The van der Waals surface area contributed by atoms with Crippen LogP contribution in [0.5, 0.6) is 0 Å². The second kappa shape index (κ2) is 7.45. The Morgan fingerprint density at radius 2 is 2.14 bits per heavy atom. The Labute approximate surface area is 135 Å². The van der Waals surface area contributed by atoms with Gasteiger partial charge in [-0.15, -0.1) is 12.4 Å². The molecule has 0 fully saturated rings. The summed E-state index contributed by atoms with van der Waals surface area (Å²) in [4.78, 5) is 12.3. The molecule has 2 aromatic rings. The quantitative estimate of drug-likeness (QED) is 0.907. The summed E-state index contributed by atoms with van der Waals surface area (Å²) in [5, 5.41) is 10.4. The first-order chi connectivity index (χ1) is 9.51. The molecule has 1 aromatic heterocycles. The van der Waals surface area contributed by atoms with Crippen LogP contribution in [0, 0.1) is 6.92 Å². The molecule has 2 N–H and O–H groups in total. The molecule has 0 saturated heterocycles. The van der Waals surface area contributed by atoms with E-state index >= 15 is 0 Å². The molecule has 0 aliphatic rings. The Bertz CT molecular complexity index is 627. The maximum absolute atomic E-state index is 12.3. The Kier molecular flexibility index (Phi) is 6.20. The van der Waals surface area contributed by atoms with Crippen LogP contribution in [0.3, 0.4) is 0 Å². The monoisotopic (exact) mass is 328 g/mol. The van der Waals surface area contributed by atoms with Crippen molar-refractivity contribution in [1.82, 2.24) is 15.1 Å². The maximum atomic E-state index is 12.3. The minimum atomic E-state index is -0.472. The average Bonchev–Trinajstić information content (AvgIpc) is 2.81. The summed E-state index contributed by atoms with van der Waals surface area (Å²) in [5.74, 6) is -0.173. The second-order valence-electron chi connectivity index (χ2n) is 4.64. The Balaban J connectivity index is 0.00000220. The van der Waals surface area contributed by atoms with Crippen LogP contribution >= 0.6 is 24.0 Å². The van der Waals surface area contributed by atoms with E-state index in [1.54, 1.807) is 30.2 Å². The molecule has 5 nitrogen and oxygen atoms in total. The van der Waals surface area contributed by atoms with E-state index in [4.69, 9.17) is 11.6 Å². The summed E-state index contributed by atoms with van der Waals surface area (Å²) in [6, 6.07) is 5.04. The molecule has 0 radical (unpaired) electrons. The van der Waals surface area contributed by atoms with Crippen molar-refractivity contribution in [2.24, 2.45) is 7.05 Å². The largest absolute Gasteiger partial charge is 0.323 e. The highest BCUT2D eigenvalue weighted by atomic mass is 35.5. The molecule has 21 heavy (non-hydrogen) atoms. The number of carbonyl (C=O) groups is 1. The summed E-state index contributed by atoms with van der Waals surface area (Å²) in [7, 11) is 3.54. The third-order valence-electron chi connectivity index (χ3n) is 2.99. The zero-order valence-corrected chi connectivity index (χ0v) is 13.6. The fraction of sp³-hybridized carbons (Fsp3) is 0.286. The van der Waals surface area contributed by atoms with E-state index in [-0.39, 0.29) is 18.3 Å². The highest BCUT2D eigenvalue weighted by Crippen LogP contribution is 2.24. The first kappa shape index (κ1) is 17.5. The first-order valence-corrected chi connectivity index (χ1v) is 6.62. The fourth-order valence-electron chi connectivity index (χ4n) is 1.98. The van der Waals surface area contributed by atoms with Gasteiger partial charge in [-0.2, -0.15) is 5.10 Å². The second-order valence-corrected chi connectivity index (χ2v) is 5.05. The molecule has 1 heterocycles. The number of hydrogen-bond donors (Lipinski definition) is 2. The SMILES string of the molecule is CNC(C(=O)Nc1cc(C)ccc1Cl)c1cnn(C)c1.Cl. The summed E-state index contributed by atoms with van der Waals surface area (Å²) in [6.07, 6.45) is 3.47. The van der Waals surface area contributed by atoms with Gasteiger partial charge >= 0.3 is 0 Å². The van der Waals surface area contributed by atoms with Gasteiger partial charge in [0, 0.05) is 18.8 Å². The number of nitrogens with zero attached hydrogens (tertiary/aromatic N) is 2. The van der Waals surface area contributed by atoms with Crippen molar-refractivity contribution in [1.29, 1.82) is 0 Å². The van der Waals surface area contributed by atoms with Crippen molar-refractivity contribution in [3.63, 3.8) is 0 Å². The number of hydrogen-bond acceptors (Lipinski definition) is 3. The van der Waals surface area contributed by atoms with Gasteiger partial charge in [-0.25, -0.2) is 0 Å². The van der Waals surface area contributed by atoms with Crippen molar-refractivity contribution in [2.45, 2.75) is 13.0 Å². The van der Waals surface area contributed by atoms with E-state index in [2.05, 4.69) is 15.7 Å². The van der Waals surface area contributed by atoms with Gasteiger partial charge in [0.1, 0.15) is 6.04 Å². The van der Waals surface area contributed by atoms with Gasteiger partial charge in [0.15, 0.2) is 0 Å². The molecule has 1 atom stereocenters. The summed E-state index contributed by atoms with van der Waals surface area (Å²) < 4.78 is 1.66. The number of aromatic nitrogens is 2. The van der Waals surface area contributed by atoms with Crippen LogP contribution in [-0.2, 0) is 11.8 Å². The number of aryl methyl sites for hydroxylation is 2. The molecule has 0 aliphatic heterocycles. The van der Waals surface area contributed by atoms with Crippen LogP contribution in [0.15, 0.2) is 30.6 Å². The molecule has 1 aromatic carbocycles. The normalized spacial score (nSPS) is 11.6. The average molecular weight is 329 g/mol. The van der Waals surface area contributed by atoms with Gasteiger partial charge < -0.3 is 10.6 Å². The first-order valence-electron chi connectivity index (χ1n) is 6.24. The molecule has 1 unspecified atom stereocenters. The van der Waals surface area contributed by atoms with Gasteiger partial charge in [-0.3, -0.25) is 9.48 Å². The Hall–Kier alpha value is -1.56. The van der Waals surface area contributed by atoms with Crippen LogP contribution in [-0.4, -0.2) is 22.7 Å². The van der Waals surface area contributed by atoms with Gasteiger partial charge in [-0.05, 0) is 31.7 Å². The molecule has 1 amide bonds. The van der Waals surface area contributed by atoms with E-state index in [9.17, 15) is 4.79 Å². The standard InChI is InChI=1S/C14H17ClN4O.ClH/c1-9-4-5-11(15)12(6-9)18-14(20)13(16-2)10-7-17-19(3)8-10;/h4-8,13,16H,1-3H3,(H,18,20);1H. The number of halogens is 2. The molecule has 2 rings (SSSR count). The van der Waals surface area contributed by atoms with E-state index in [1.165, 1.54) is 0 Å². The lowest BCUT2D eigenvalue weighted by atomic mass is 10.1. The van der Waals surface area contributed by atoms with E-state index < -0.39 is 6.04 Å². The minimum Gasteiger partial charge on any atom is -0.323 e. The maximum Gasteiger partial charge on any atom is 0.246 e. The number of benzene rings is 1. The Morgan fingerprint density at radius 1 is 1.43 bits per heavy atom. The smallest absolute Gasteiger partial charge is 0.246 e. The lowest BCUT2D eigenvalue weighted by molar-refractivity contribution is -0.118. The van der Waals surface area contributed by atoms with Crippen LogP contribution in [0.4, 0.5) is 5.69 Å². The Morgan fingerprint density at radius 3 is 2.71 bits per heavy atom. The third kappa shape index (κ3) is 4.20. The zero-order chi connectivity index (χ0) is 14.7. The number of carbonyl (C=O) groups excluding carboxylic acids is 1.